The van der Waals surface area contributed by atoms with E-state index in [-0.39, 0.29) is 5.91 Å². The molecule has 0 saturated carbocycles. The lowest BCUT2D eigenvalue weighted by Gasteiger charge is -2.08. The molecular formula is C29H24N2O5. The Kier molecular flexibility index (Phi) is 8.07. The van der Waals surface area contributed by atoms with Gasteiger partial charge in [0.05, 0.1) is 13.3 Å². The molecule has 0 atom stereocenters. The molecule has 180 valence electrons. The van der Waals surface area contributed by atoms with E-state index >= 15 is 0 Å². The van der Waals surface area contributed by atoms with Gasteiger partial charge in [-0.25, -0.2) is 10.2 Å². The topological polar surface area (TPSA) is 86.2 Å². The summed E-state index contributed by atoms with van der Waals surface area (Å²) in [6.45, 7) is 0.453. The first-order valence-electron chi connectivity index (χ1n) is 11.2. The van der Waals surface area contributed by atoms with E-state index in [1.807, 2.05) is 30.3 Å². The maximum absolute atomic E-state index is 12.4. The number of hydrogen-bond acceptors (Lipinski definition) is 6. The molecule has 4 aromatic rings. The number of para-hydroxylation sites is 1. The largest absolute Gasteiger partial charge is 0.496 e. The molecule has 0 heterocycles. The molecule has 0 aromatic heterocycles. The number of amides is 1. The molecule has 0 aliphatic carbocycles. The molecule has 36 heavy (non-hydrogen) atoms. The number of nitrogens with one attached hydrogen (secondary N) is 1. The van der Waals surface area contributed by atoms with Crippen molar-refractivity contribution in [3.05, 3.63) is 125 Å². The highest BCUT2D eigenvalue weighted by Gasteiger charge is 2.13. The highest BCUT2D eigenvalue weighted by Crippen LogP contribution is 2.20. The minimum absolute atomic E-state index is 0.337. The lowest BCUT2D eigenvalue weighted by atomic mass is 10.2. The third-order valence-electron chi connectivity index (χ3n) is 5.16. The standard InChI is InChI=1S/C29H24N2O5/c1-34-27-10-6-5-9-26(27)29(33)36-25-15-11-21(12-16-25)19-30-31-28(32)23-13-17-24(18-14-23)35-20-22-7-3-2-4-8-22/h2-19H,20H2,1H3,(H,31,32). The molecule has 0 spiro atoms. The smallest absolute Gasteiger partial charge is 0.347 e. The lowest BCUT2D eigenvalue weighted by molar-refractivity contribution is 0.0731. The number of benzene rings is 4. The number of hydrazone groups is 1. The molecular weight excluding hydrogens is 456 g/mol. The van der Waals surface area contributed by atoms with Gasteiger partial charge in [-0.1, -0.05) is 42.5 Å². The fourth-order valence-corrected chi connectivity index (χ4v) is 3.27. The van der Waals surface area contributed by atoms with Gasteiger partial charge >= 0.3 is 5.97 Å². The minimum atomic E-state index is -0.516. The number of esters is 1. The van der Waals surface area contributed by atoms with Gasteiger partial charge in [0, 0.05) is 5.56 Å². The van der Waals surface area contributed by atoms with Crippen molar-refractivity contribution in [2.24, 2.45) is 5.10 Å². The minimum Gasteiger partial charge on any atom is -0.496 e. The van der Waals surface area contributed by atoms with Gasteiger partial charge in [0.25, 0.3) is 5.91 Å². The zero-order chi connectivity index (χ0) is 25.2. The number of nitrogens with zero attached hydrogens (tertiary/aromatic N) is 1. The quantitative estimate of drug-likeness (QED) is 0.153. The molecule has 4 rings (SSSR count). The highest BCUT2D eigenvalue weighted by molar-refractivity contribution is 5.95. The summed E-state index contributed by atoms with van der Waals surface area (Å²) in [4.78, 5) is 24.8. The van der Waals surface area contributed by atoms with Gasteiger partial charge in [-0.15, -0.1) is 0 Å². The summed E-state index contributed by atoms with van der Waals surface area (Å²) in [5, 5.41) is 4.00. The van der Waals surface area contributed by atoms with Gasteiger partial charge < -0.3 is 14.2 Å². The van der Waals surface area contributed by atoms with Crippen LogP contribution in [0.2, 0.25) is 0 Å². The average Bonchev–Trinajstić information content (AvgIpc) is 2.93. The molecule has 1 amide bonds. The Morgan fingerprint density at radius 2 is 1.47 bits per heavy atom. The molecule has 7 nitrogen and oxygen atoms in total. The van der Waals surface area contributed by atoms with Crippen LogP contribution in [0.4, 0.5) is 0 Å². The van der Waals surface area contributed by atoms with Crippen molar-refractivity contribution in [3.8, 4) is 17.2 Å². The van der Waals surface area contributed by atoms with E-state index in [9.17, 15) is 9.59 Å². The predicted molar refractivity (Wildman–Crippen MR) is 137 cm³/mol. The number of hydrogen-bond donors (Lipinski definition) is 1. The van der Waals surface area contributed by atoms with Crippen molar-refractivity contribution in [3.63, 3.8) is 0 Å². The van der Waals surface area contributed by atoms with Crippen molar-refractivity contribution in [2.45, 2.75) is 6.61 Å². The monoisotopic (exact) mass is 480 g/mol. The molecule has 0 aliphatic rings. The molecule has 4 aromatic carbocycles. The van der Waals surface area contributed by atoms with Crippen LogP contribution in [-0.2, 0) is 6.61 Å². The van der Waals surface area contributed by atoms with Crippen LogP contribution < -0.4 is 19.6 Å². The predicted octanol–water partition coefficient (Wildman–Crippen LogP) is 5.26. The summed E-state index contributed by atoms with van der Waals surface area (Å²) in [7, 11) is 1.50. The Morgan fingerprint density at radius 1 is 0.806 bits per heavy atom. The molecule has 0 aliphatic heterocycles. The van der Waals surface area contributed by atoms with E-state index in [1.54, 1.807) is 72.8 Å². The van der Waals surface area contributed by atoms with Crippen LogP contribution in [0.1, 0.15) is 31.8 Å². The number of methoxy groups -OCH3 is 1. The first kappa shape index (κ1) is 24.2. The van der Waals surface area contributed by atoms with Gasteiger partial charge in [-0.05, 0) is 71.8 Å². The van der Waals surface area contributed by atoms with Gasteiger partial charge in [-0.2, -0.15) is 5.10 Å². The number of rotatable bonds is 9. The summed E-state index contributed by atoms with van der Waals surface area (Å²) >= 11 is 0. The van der Waals surface area contributed by atoms with Crippen LogP contribution in [0, 0.1) is 0 Å². The van der Waals surface area contributed by atoms with Crippen molar-refractivity contribution >= 4 is 18.1 Å². The fraction of sp³-hybridized carbons (Fsp3) is 0.0690. The maximum atomic E-state index is 12.4. The van der Waals surface area contributed by atoms with Crippen LogP contribution in [-0.4, -0.2) is 25.2 Å². The van der Waals surface area contributed by atoms with Gasteiger partial charge in [0.2, 0.25) is 0 Å². The first-order valence-corrected chi connectivity index (χ1v) is 11.2. The van der Waals surface area contributed by atoms with Crippen LogP contribution >= 0.6 is 0 Å². The molecule has 0 saturated heterocycles. The van der Waals surface area contributed by atoms with Crippen LogP contribution in [0.5, 0.6) is 17.2 Å². The van der Waals surface area contributed by atoms with E-state index in [0.717, 1.165) is 11.1 Å². The second kappa shape index (κ2) is 12.0. The number of carbonyl (C=O) groups excluding carboxylic acids is 2. The van der Waals surface area contributed by atoms with Crippen molar-refractivity contribution in [1.82, 2.24) is 5.43 Å². The van der Waals surface area contributed by atoms with Gasteiger partial charge in [-0.3, -0.25) is 4.79 Å². The number of carbonyl (C=O) groups is 2. The SMILES string of the molecule is COc1ccccc1C(=O)Oc1ccc(C=NNC(=O)c2ccc(OCc3ccccc3)cc2)cc1. The highest BCUT2D eigenvalue weighted by atomic mass is 16.5. The Hall–Kier alpha value is -4.91. The normalized spacial score (nSPS) is 10.6. The lowest BCUT2D eigenvalue weighted by Crippen LogP contribution is -2.17. The van der Waals surface area contributed by atoms with Gasteiger partial charge in [0.1, 0.15) is 29.4 Å². The molecule has 7 heteroatoms. The molecule has 0 bridgehead atoms. The van der Waals surface area contributed by atoms with E-state index in [2.05, 4.69) is 10.5 Å². The first-order chi connectivity index (χ1) is 17.6. The zero-order valence-corrected chi connectivity index (χ0v) is 19.6. The van der Waals surface area contributed by atoms with Crippen LogP contribution in [0.15, 0.2) is 108 Å². The summed E-state index contributed by atoms with van der Waals surface area (Å²) < 4.78 is 16.3. The molecule has 0 unspecified atom stereocenters. The Labute approximate surface area is 209 Å². The maximum Gasteiger partial charge on any atom is 0.347 e. The molecule has 0 radical (unpaired) electrons. The second-order valence-electron chi connectivity index (χ2n) is 7.66. The van der Waals surface area contributed by atoms with E-state index in [1.165, 1.54) is 13.3 Å². The summed E-state index contributed by atoms with van der Waals surface area (Å²) in [5.41, 5.74) is 5.08. The summed E-state index contributed by atoms with van der Waals surface area (Å²) in [5.74, 6) is 0.629. The van der Waals surface area contributed by atoms with E-state index in [0.29, 0.717) is 35.0 Å². The van der Waals surface area contributed by atoms with Gasteiger partial charge in [0.15, 0.2) is 0 Å². The molecule has 1 N–H and O–H groups in total. The fourth-order valence-electron chi connectivity index (χ4n) is 3.27. The van der Waals surface area contributed by atoms with E-state index < -0.39 is 5.97 Å². The van der Waals surface area contributed by atoms with Crippen LogP contribution in [0.25, 0.3) is 0 Å². The third kappa shape index (κ3) is 6.57. The number of ether oxygens (including phenoxy) is 3. The molecule has 0 fully saturated rings. The summed E-state index contributed by atoms with van der Waals surface area (Å²) in [6, 6.07) is 30.3. The zero-order valence-electron chi connectivity index (χ0n) is 19.6. The van der Waals surface area contributed by atoms with Crippen molar-refractivity contribution in [2.75, 3.05) is 7.11 Å². The third-order valence-corrected chi connectivity index (χ3v) is 5.16. The average molecular weight is 481 g/mol. The summed E-state index contributed by atoms with van der Waals surface area (Å²) in [6.07, 6.45) is 1.50. The van der Waals surface area contributed by atoms with Crippen molar-refractivity contribution < 1.29 is 23.8 Å². The Morgan fingerprint density at radius 3 is 2.19 bits per heavy atom. The van der Waals surface area contributed by atoms with E-state index in [4.69, 9.17) is 14.2 Å². The Balaban J connectivity index is 1.27. The van der Waals surface area contributed by atoms with Crippen LogP contribution in [0.3, 0.4) is 0 Å². The second-order valence-corrected chi connectivity index (χ2v) is 7.66. The van der Waals surface area contributed by atoms with Crippen molar-refractivity contribution in [1.29, 1.82) is 0 Å². The Bertz CT molecular complexity index is 1330.